The second-order valence-electron chi connectivity index (χ2n) is 3.90. The highest BCUT2D eigenvalue weighted by Gasteiger charge is 2.45. The molecule has 1 unspecified atom stereocenters. The van der Waals surface area contributed by atoms with E-state index in [0.29, 0.717) is 0 Å². The van der Waals surface area contributed by atoms with E-state index in [1.807, 2.05) is 11.6 Å². The van der Waals surface area contributed by atoms with Gasteiger partial charge in [0.2, 0.25) is 0 Å². The number of aromatic nitrogens is 3. The van der Waals surface area contributed by atoms with Gasteiger partial charge in [-0.25, -0.2) is 0 Å². The third-order valence-electron chi connectivity index (χ3n) is 3.20. The van der Waals surface area contributed by atoms with Crippen LogP contribution in [0.2, 0.25) is 0 Å². The van der Waals surface area contributed by atoms with Crippen LogP contribution in [0.4, 0.5) is 0 Å². The number of hydrogen-bond donors (Lipinski definition) is 1. The molecule has 0 aliphatic heterocycles. The monoisotopic (exact) mass is 196 g/mol. The Labute approximate surface area is 83.3 Å². The molecular formula is C9H16N4O. The number of hydrogen-bond acceptors (Lipinski definition) is 4. The van der Waals surface area contributed by atoms with Crippen molar-refractivity contribution in [3.05, 3.63) is 12.2 Å². The maximum atomic E-state index is 6.14. The molecule has 1 heterocycles. The van der Waals surface area contributed by atoms with Crippen molar-refractivity contribution in [1.82, 2.24) is 14.8 Å². The first-order valence-corrected chi connectivity index (χ1v) is 4.84. The molecule has 0 radical (unpaired) electrons. The predicted octanol–water partition coefficient (Wildman–Crippen LogP) is 0.384. The van der Waals surface area contributed by atoms with Crippen LogP contribution in [0.15, 0.2) is 6.33 Å². The van der Waals surface area contributed by atoms with Crippen LogP contribution < -0.4 is 5.73 Å². The minimum atomic E-state index is -0.208. The molecule has 1 saturated carbocycles. The molecule has 78 valence electrons. The van der Waals surface area contributed by atoms with Crippen LogP contribution in [0.1, 0.15) is 31.1 Å². The van der Waals surface area contributed by atoms with Crippen molar-refractivity contribution in [3.8, 4) is 0 Å². The number of rotatable bonds is 3. The topological polar surface area (TPSA) is 66.0 Å². The summed E-state index contributed by atoms with van der Waals surface area (Å²) in [5.41, 5.74) is 5.94. The summed E-state index contributed by atoms with van der Waals surface area (Å²) in [5, 5.41) is 7.85. The van der Waals surface area contributed by atoms with E-state index in [9.17, 15) is 0 Å². The van der Waals surface area contributed by atoms with Gasteiger partial charge in [-0.2, -0.15) is 0 Å². The molecule has 14 heavy (non-hydrogen) atoms. The lowest BCUT2D eigenvalue weighted by atomic mass is 9.74. The van der Waals surface area contributed by atoms with Crippen molar-refractivity contribution < 1.29 is 4.74 Å². The zero-order valence-electron chi connectivity index (χ0n) is 8.60. The van der Waals surface area contributed by atoms with Gasteiger partial charge < -0.3 is 15.0 Å². The van der Waals surface area contributed by atoms with Gasteiger partial charge in [-0.3, -0.25) is 0 Å². The summed E-state index contributed by atoms with van der Waals surface area (Å²) in [6.45, 7) is 0. The lowest BCUT2D eigenvalue weighted by Gasteiger charge is -2.44. The molecule has 0 aromatic carbocycles. The summed E-state index contributed by atoms with van der Waals surface area (Å²) >= 11 is 0. The predicted molar refractivity (Wildman–Crippen MR) is 51.5 cm³/mol. The van der Waals surface area contributed by atoms with Gasteiger partial charge in [-0.15, -0.1) is 10.2 Å². The molecule has 0 saturated heterocycles. The normalized spacial score (nSPS) is 21.6. The van der Waals surface area contributed by atoms with Crippen LogP contribution in [0.25, 0.3) is 0 Å². The third-order valence-corrected chi connectivity index (χ3v) is 3.20. The summed E-state index contributed by atoms with van der Waals surface area (Å²) in [4.78, 5) is 0. The van der Waals surface area contributed by atoms with Gasteiger partial charge in [0.1, 0.15) is 6.33 Å². The van der Waals surface area contributed by atoms with E-state index >= 15 is 0 Å². The standard InChI is InChI=1S/C9H16N4O/c1-13-6-11-12-8(13)7(10)9(14-2)4-3-5-9/h6-7H,3-5,10H2,1-2H3. The van der Waals surface area contributed by atoms with Crippen molar-refractivity contribution >= 4 is 0 Å². The Hall–Kier alpha value is -0.940. The molecule has 1 aliphatic rings. The van der Waals surface area contributed by atoms with Gasteiger partial charge in [0.15, 0.2) is 5.82 Å². The van der Waals surface area contributed by atoms with Gasteiger partial charge in [0, 0.05) is 14.2 Å². The zero-order chi connectivity index (χ0) is 10.2. The van der Waals surface area contributed by atoms with Crippen molar-refractivity contribution in [2.75, 3.05) is 7.11 Å². The number of aryl methyl sites for hydroxylation is 1. The first-order valence-electron chi connectivity index (χ1n) is 4.84. The molecule has 1 fully saturated rings. The second kappa shape index (κ2) is 3.33. The SMILES string of the molecule is COC1(C(N)c2nncn2C)CCC1. The molecule has 2 rings (SSSR count). The van der Waals surface area contributed by atoms with Gasteiger partial charge in [0.05, 0.1) is 11.6 Å². The summed E-state index contributed by atoms with van der Waals surface area (Å²) in [5.74, 6) is 0.798. The lowest BCUT2D eigenvalue weighted by molar-refractivity contribution is -0.0934. The maximum absolute atomic E-state index is 6.14. The lowest BCUT2D eigenvalue weighted by Crippen LogP contribution is -2.49. The Balaban J connectivity index is 2.22. The Bertz CT molecular complexity index is 313. The maximum Gasteiger partial charge on any atom is 0.152 e. The van der Waals surface area contributed by atoms with E-state index < -0.39 is 0 Å². The van der Waals surface area contributed by atoms with E-state index in [2.05, 4.69) is 10.2 Å². The van der Waals surface area contributed by atoms with Gasteiger partial charge >= 0.3 is 0 Å². The van der Waals surface area contributed by atoms with Crippen LogP contribution in [0.5, 0.6) is 0 Å². The molecule has 1 aliphatic carbocycles. The summed E-state index contributed by atoms with van der Waals surface area (Å²) in [6.07, 6.45) is 4.87. The van der Waals surface area contributed by atoms with E-state index in [1.54, 1.807) is 13.4 Å². The first kappa shape index (κ1) is 9.61. The molecule has 1 aromatic rings. The fourth-order valence-corrected chi connectivity index (χ4v) is 1.98. The summed E-state index contributed by atoms with van der Waals surface area (Å²) in [6, 6.07) is -0.172. The summed E-state index contributed by atoms with van der Waals surface area (Å²) < 4.78 is 7.36. The van der Waals surface area contributed by atoms with E-state index in [-0.39, 0.29) is 11.6 Å². The highest BCUT2D eigenvalue weighted by molar-refractivity contribution is 5.08. The van der Waals surface area contributed by atoms with Crippen LogP contribution in [-0.4, -0.2) is 27.5 Å². The second-order valence-corrected chi connectivity index (χ2v) is 3.90. The van der Waals surface area contributed by atoms with Crippen LogP contribution >= 0.6 is 0 Å². The summed E-state index contributed by atoms with van der Waals surface area (Å²) in [7, 11) is 3.62. The third kappa shape index (κ3) is 1.24. The van der Waals surface area contributed by atoms with Crippen LogP contribution in [0.3, 0.4) is 0 Å². The number of nitrogens with zero attached hydrogens (tertiary/aromatic N) is 3. The number of nitrogens with two attached hydrogens (primary N) is 1. The molecule has 0 bridgehead atoms. The van der Waals surface area contributed by atoms with Crippen molar-refractivity contribution in [3.63, 3.8) is 0 Å². The largest absolute Gasteiger partial charge is 0.376 e. The van der Waals surface area contributed by atoms with Crippen LogP contribution in [0, 0.1) is 0 Å². The highest BCUT2D eigenvalue weighted by atomic mass is 16.5. The minimum Gasteiger partial charge on any atom is -0.376 e. The molecule has 1 atom stereocenters. The van der Waals surface area contributed by atoms with Crippen molar-refractivity contribution in [2.45, 2.75) is 30.9 Å². The molecule has 0 spiro atoms. The zero-order valence-corrected chi connectivity index (χ0v) is 8.60. The quantitative estimate of drug-likeness (QED) is 0.759. The fraction of sp³-hybridized carbons (Fsp3) is 0.778. The van der Waals surface area contributed by atoms with E-state index in [0.717, 1.165) is 18.7 Å². The number of methoxy groups -OCH3 is 1. The van der Waals surface area contributed by atoms with Gasteiger partial charge in [0.25, 0.3) is 0 Å². The fourth-order valence-electron chi connectivity index (χ4n) is 1.98. The Morgan fingerprint density at radius 2 is 2.36 bits per heavy atom. The van der Waals surface area contributed by atoms with E-state index in [1.165, 1.54) is 6.42 Å². The highest BCUT2D eigenvalue weighted by Crippen LogP contribution is 2.42. The van der Waals surface area contributed by atoms with Crippen LogP contribution in [-0.2, 0) is 11.8 Å². The first-order chi connectivity index (χ1) is 6.69. The molecular weight excluding hydrogens is 180 g/mol. The Morgan fingerprint density at radius 1 is 1.64 bits per heavy atom. The molecule has 2 N–H and O–H groups in total. The average molecular weight is 196 g/mol. The number of ether oxygens (including phenoxy) is 1. The van der Waals surface area contributed by atoms with E-state index in [4.69, 9.17) is 10.5 Å². The average Bonchev–Trinajstić information content (AvgIpc) is 2.50. The molecule has 0 amide bonds. The van der Waals surface area contributed by atoms with Crippen molar-refractivity contribution in [2.24, 2.45) is 12.8 Å². The Kier molecular flexibility index (Phi) is 2.28. The molecule has 5 nitrogen and oxygen atoms in total. The molecule has 1 aromatic heterocycles. The smallest absolute Gasteiger partial charge is 0.152 e. The van der Waals surface area contributed by atoms with Gasteiger partial charge in [-0.05, 0) is 19.3 Å². The molecule has 5 heteroatoms. The minimum absolute atomic E-state index is 0.172. The Morgan fingerprint density at radius 3 is 2.71 bits per heavy atom. The van der Waals surface area contributed by atoms with Crippen molar-refractivity contribution in [1.29, 1.82) is 0 Å². The van der Waals surface area contributed by atoms with Gasteiger partial charge in [-0.1, -0.05) is 0 Å².